The van der Waals surface area contributed by atoms with Crippen molar-refractivity contribution >= 4 is 17.3 Å². The maximum absolute atomic E-state index is 12.2. The van der Waals surface area contributed by atoms with Gasteiger partial charge in [-0.1, -0.05) is 19.4 Å². The van der Waals surface area contributed by atoms with E-state index in [1.807, 2.05) is 25.1 Å². The highest BCUT2D eigenvalue weighted by atomic mass is 16.2. The minimum absolute atomic E-state index is 0.0438. The van der Waals surface area contributed by atoms with E-state index in [2.05, 4.69) is 17.1 Å². The van der Waals surface area contributed by atoms with Crippen LogP contribution < -0.4 is 11.1 Å². The molecule has 0 radical (unpaired) electrons. The summed E-state index contributed by atoms with van der Waals surface area (Å²) >= 11 is 0. The fourth-order valence-corrected chi connectivity index (χ4v) is 2.58. The van der Waals surface area contributed by atoms with Crippen LogP contribution >= 0.6 is 0 Å². The predicted molar refractivity (Wildman–Crippen MR) is 78.9 cm³/mol. The summed E-state index contributed by atoms with van der Waals surface area (Å²) in [5.41, 5.74) is 7.14. The van der Waals surface area contributed by atoms with Gasteiger partial charge in [0.1, 0.15) is 0 Å². The molecule has 0 bridgehead atoms. The quantitative estimate of drug-likeness (QED) is 0.818. The van der Waals surface area contributed by atoms with Crippen molar-refractivity contribution in [3.05, 3.63) is 24.3 Å². The number of nitrogens with one attached hydrogen (secondary N) is 1. The van der Waals surface area contributed by atoms with Crippen molar-refractivity contribution in [3.8, 4) is 0 Å². The molecule has 4 nitrogen and oxygen atoms in total. The largest absolute Gasteiger partial charge is 0.399 e. The number of amides is 1. The number of hydrogen-bond donors (Lipinski definition) is 2. The maximum atomic E-state index is 12.2. The van der Waals surface area contributed by atoms with E-state index in [0.29, 0.717) is 5.69 Å². The highest BCUT2D eigenvalue weighted by molar-refractivity contribution is 5.94. The molecule has 1 fully saturated rings. The Labute approximate surface area is 115 Å². The third kappa shape index (κ3) is 3.47. The molecule has 0 saturated carbocycles. The van der Waals surface area contributed by atoms with Crippen LogP contribution in [0.15, 0.2) is 24.3 Å². The number of likely N-dealkylation sites (tertiary alicyclic amines) is 1. The molecule has 1 saturated heterocycles. The molecule has 1 heterocycles. The number of anilines is 2. The molecule has 104 valence electrons. The zero-order chi connectivity index (χ0) is 13.8. The minimum Gasteiger partial charge on any atom is -0.399 e. The Morgan fingerprint density at radius 2 is 2.37 bits per heavy atom. The highest BCUT2D eigenvalue weighted by Crippen LogP contribution is 2.22. The number of carbonyl (C=O) groups excluding carboxylic acids is 1. The molecule has 2 atom stereocenters. The standard InChI is InChI=1S/C15H23N3O/c1-3-12-7-8-18(10-12)11(2)15(19)17-14-6-4-5-13(16)9-14/h4-6,9,11-12H,3,7-8,10,16H2,1-2H3,(H,17,19). The second-order valence-corrected chi connectivity index (χ2v) is 5.35. The summed E-state index contributed by atoms with van der Waals surface area (Å²) in [5.74, 6) is 0.782. The third-order valence-corrected chi connectivity index (χ3v) is 3.98. The van der Waals surface area contributed by atoms with Gasteiger partial charge in [-0.05, 0) is 44.0 Å². The molecule has 2 rings (SSSR count). The fourth-order valence-electron chi connectivity index (χ4n) is 2.58. The van der Waals surface area contributed by atoms with Crippen LogP contribution in [0.25, 0.3) is 0 Å². The lowest BCUT2D eigenvalue weighted by Crippen LogP contribution is -2.40. The lowest BCUT2D eigenvalue weighted by Gasteiger charge is -2.23. The minimum atomic E-state index is -0.0852. The van der Waals surface area contributed by atoms with E-state index in [0.717, 1.165) is 24.7 Å². The van der Waals surface area contributed by atoms with Gasteiger partial charge in [0.2, 0.25) is 5.91 Å². The number of nitrogens with two attached hydrogens (primary N) is 1. The number of rotatable bonds is 4. The van der Waals surface area contributed by atoms with Crippen molar-refractivity contribution in [1.82, 2.24) is 4.90 Å². The van der Waals surface area contributed by atoms with Crippen LogP contribution in [0.1, 0.15) is 26.7 Å². The first-order valence-corrected chi connectivity index (χ1v) is 7.00. The van der Waals surface area contributed by atoms with Gasteiger partial charge in [0.05, 0.1) is 6.04 Å². The van der Waals surface area contributed by atoms with Crippen molar-refractivity contribution < 1.29 is 4.79 Å². The molecule has 1 aliphatic heterocycles. The van der Waals surface area contributed by atoms with Gasteiger partial charge in [-0.15, -0.1) is 0 Å². The first kappa shape index (κ1) is 13.9. The van der Waals surface area contributed by atoms with Crippen LogP contribution in [-0.4, -0.2) is 29.9 Å². The summed E-state index contributed by atoms with van der Waals surface area (Å²) in [6, 6.07) is 7.21. The molecule has 19 heavy (non-hydrogen) atoms. The van der Waals surface area contributed by atoms with Gasteiger partial charge in [-0.2, -0.15) is 0 Å². The molecule has 0 aliphatic carbocycles. The number of nitrogen functional groups attached to an aromatic ring is 1. The first-order valence-electron chi connectivity index (χ1n) is 7.00. The van der Waals surface area contributed by atoms with Gasteiger partial charge >= 0.3 is 0 Å². The van der Waals surface area contributed by atoms with Crippen molar-refractivity contribution in [2.24, 2.45) is 5.92 Å². The van der Waals surface area contributed by atoms with Crippen LogP contribution in [0.4, 0.5) is 11.4 Å². The molecule has 1 aromatic carbocycles. The van der Waals surface area contributed by atoms with Crippen molar-refractivity contribution in [3.63, 3.8) is 0 Å². The zero-order valence-corrected chi connectivity index (χ0v) is 11.7. The van der Waals surface area contributed by atoms with E-state index in [1.54, 1.807) is 6.07 Å². The fraction of sp³-hybridized carbons (Fsp3) is 0.533. The molecule has 3 N–H and O–H groups in total. The van der Waals surface area contributed by atoms with Crippen molar-refractivity contribution in [2.45, 2.75) is 32.7 Å². The van der Waals surface area contributed by atoms with E-state index in [1.165, 1.54) is 12.8 Å². The number of nitrogens with zero attached hydrogens (tertiary/aromatic N) is 1. The van der Waals surface area contributed by atoms with Gasteiger partial charge in [0, 0.05) is 17.9 Å². The summed E-state index contributed by atoms with van der Waals surface area (Å²) in [5, 5.41) is 2.93. The molecule has 2 unspecified atom stereocenters. The summed E-state index contributed by atoms with van der Waals surface area (Å²) < 4.78 is 0. The van der Waals surface area contributed by atoms with Gasteiger partial charge in [0.15, 0.2) is 0 Å². The molecule has 1 aliphatic rings. The Kier molecular flexibility index (Phi) is 4.43. The van der Waals surface area contributed by atoms with Gasteiger partial charge in [0.25, 0.3) is 0 Å². The van der Waals surface area contributed by atoms with Gasteiger partial charge < -0.3 is 11.1 Å². The summed E-state index contributed by atoms with van der Waals surface area (Å²) in [4.78, 5) is 14.5. The van der Waals surface area contributed by atoms with Crippen LogP contribution in [0.2, 0.25) is 0 Å². The monoisotopic (exact) mass is 261 g/mol. The second-order valence-electron chi connectivity index (χ2n) is 5.35. The second kappa shape index (κ2) is 6.06. The van der Waals surface area contributed by atoms with Crippen molar-refractivity contribution in [1.29, 1.82) is 0 Å². The van der Waals surface area contributed by atoms with E-state index < -0.39 is 0 Å². The van der Waals surface area contributed by atoms with E-state index in [4.69, 9.17) is 5.73 Å². The van der Waals surface area contributed by atoms with Crippen LogP contribution in [-0.2, 0) is 4.79 Å². The maximum Gasteiger partial charge on any atom is 0.241 e. The molecule has 1 amide bonds. The number of benzene rings is 1. The Morgan fingerprint density at radius 1 is 1.58 bits per heavy atom. The third-order valence-electron chi connectivity index (χ3n) is 3.98. The van der Waals surface area contributed by atoms with E-state index in [9.17, 15) is 4.79 Å². The van der Waals surface area contributed by atoms with Gasteiger partial charge in [-0.25, -0.2) is 0 Å². The SMILES string of the molecule is CCC1CCN(C(C)C(=O)Nc2cccc(N)c2)C1. The number of hydrogen-bond acceptors (Lipinski definition) is 3. The summed E-state index contributed by atoms with van der Waals surface area (Å²) in [6.07, 6.45) is 2.40. The molecular formula is C15H23N3O. The smallest absolute Gasteiger partial charge is 0.241 e. The summed E-state index contributed by atoms with van der Waals surface area (Å²) in [6.45, 7) is 6.23. The average Bonchev–Trinajstić information content (AvgIpc) is 2.86. The molecule has 0 spiro atoms. The van der Waals surface area contributed by atoms with E-state index in [-0.39, 0.29) is 11.9 Å². The van der Waals surface area contributed by atoms with Crippen molar-refractivity contribution in [2.75, 3.05) is 24.1 Å². The van der Waals surface area contributed by atoms with Gasteiger partial charge in [-0.3, -0.25) is 9.69 Å². The van der Waals surface area contributed by atoms with Crippen LogP contribution in [0.3, 0.4) is 0 Å². The lowest BCUT2D eigenvalue weighted by atomic mass is 10.1. The van der Waals surface area contributed by atoms with Crippen LogP contribution in [0, 0.1) is 5.92 Å². The zero-order valence-electron chi connectivity index (χ0n) is 11.7. The predicted octanol–water partition coefficient (Wildman–Crippen LogP) is 2.33. The molecular weight excluding hydrogens is 238 g/mol. The Bertz CT molecular complexity index is 447. The normalized spacial score (nSPS) is 21.3. The Hall–Kier alpha value is -1.55. The van der Waals surface area contributed by atoms with E-state index >= 15 is 0 Å². The highest BCUT2D eigenvalue weighted by Gasteiger charge is 2.28. The summed E-state index contributed by atoms with van der Waals surface area (Å²) in [7, 11) is 0. The number of carbonyl (C=O) groups is 1. The topological polar surface area (TPSA) is 58.4 Å². The molecule has 0 aromatic heterocycles. The van der Waals surface area contributed by atoms with Crippen LogP contribution in [0.5, 0.6) is 0 Å². The Morgan fingerprint density at radius 3 is 3.00 bits per heavy atom. The molecule has 4 heteroatoms. The first-order chi connectivity index (χ1) is 9.10. The Balaban J connectivity index is 1.93. The lowest BCUT2D eigenvalue weighted by molar-refractivity contribution is -0.120. The average molecular weight is 261 g/mol. The molecule has 1 aromatic rings.